The summed E-state index contributed by atoms with van der Waals surface area (Å²) in [6.07, 6.45) is 1.16. The van der Waals surface area contributed by atoms with Gasteiger partial charge in [0.25, 0.3) is 0 Å². The quantitative estimate of drug-likeness (QED) is 0.913. The fourth-order valence-electron chi connectivity index (χ4n) is 2.47. The third-order valence-electron chi connectivity index (χ3n) is 3.69. The molecular weight excluding hydrogens is 276 g/mol. The first-order valence-electron chi connectivity index (χ1n) is 6.75. The van der Waals surface area contributed by atoms with Crippen LogP contribution >= 0.6 is 0 Å². The molecule has 0 bridgehead atoms. The highest BCUT2D eigenvalue weighted by Gasteiger charge is 2.38. The zero-order chi connectivity index (χ0) is 14.9. The van der Waals surface area contributed by atoms with E-state index in [-0.39, 0.29) is 4.90 Å². The summed E-state index contributed by atoms with van der Waals surface area (Å²) in [5.41, 5.74) is 6.36. The molecule has 1 heterocycles. The van der Waals surface area contributed by atoms with E-state index < -0.39 is 22.0 Å². The monoisotopic (exact) mass is 296 g/mol. The third kappa shape index (κ3) is 2.71. The van der Waals surface area contributed by atoms with Crippen LogP contribution in [-0.4, -0.2) is 31.2 Å². The lowest BCUT2D eigenvalue weighted by Gasteiger charge is -2.21. The van der Waals surface area contributed by atoms with Gasteiger partial charge in [-0.25, -0.2) is 8.42 Å². The van der Waals surface area contributed by atoms with Crippen LogP contribution in [0.4, 0.5) is 0 Å². The van der Waals surface area contributed by atoms with Gasteiger partial charge in [0.2, 0.25) is 15.9 Å². The molecule has 1 amide bonds. The number of primary amides is 1. The second-order valence-corrected chi connectivity index (χ2v) is 7.29. The zero-order valence-electron chi connectivity index (χ0n) is 11.7. The van der Waals surface area contributed by atoms with Gasteiger partial charge in [-0.05, 0) is 36.5 Å². The van der Waals surface area contributed by atoms with E-state index >= 15 is 0 Å². The van der Waals surface area contributed by atoms with Crippen molar-refractivity contribution in [3.63, 3.8) is 0 Å². The Bertz CT molecular complexity index is 593. The molecule has 20 heavy (non-hydrogen) atoms. The minimum atomic E-state index is -3.64. The molecule has 0 saturated carbocycles. The van der Waals surface area contributed by atoms with E-state index in [0.717, 1.165) is 5.56 Å². The van der Waals surface area contributed by atoms with Gasteiger partial charge in [0, 0.05) is 6.54 Å². The first kappa shape index (κ1) is 15.0. The summed E-state index contributed by atoms with van der Waals surface area (Å²) in [6, 6.07) is 6.10. The van der Waals surface area contributed by atoms with Gasteiger partial charge in [-0.2, -0.15) is 4.31 Å². The standard InChI is InChI=1S/C14H20N2O3S/c1-10(2)11-5-7-12(8-6-11)20(18,19)16-9-3-4-13(16)14(15)17/h5-8,10,13H,3-4,9H2,1-2H3,(H2,15,17). The van der Waals surface area contributed by atoms with Crippen LogP contribution in [0.3, 0.4) is 0 Å². The fourth-order valence-corrected chi connectivity index (χ4v) is 4.14. The van der Waals surface area contributed by atoms with Gasteiger partial charge in [-0.3, -0.25) is 4.79 Å². The van der Waals surface area contributed by atoms with Gasteiger partial charge in [0.15, 0.2) is 0 Å². The molecule has 1 atom stereocenters. The van der Waals surface area contributed by atoms with Crippen molar-refractivity contribution < 1.29 is 13.2 Å². The number of hydrogen-bond acceptors (Lipinski definition) is 3. The fraction of sp³-hybridized carbons (Fsp3) is 0.500. The number of sulfonamides is 1. The number of carbonyl (C=O) groups excluding carboxylic acids is 1. The summed E-state index contributed by atoms with van der Waals surface area (Å²) in [5.74, 6) is -0.234. The normalized spacial score (nSPS) is 20.4. The van der Waals surface area contributed by atoms with Crippen molar-refractivity contribution in [3.8, 4) is 0 Å². The summed E-state index contributed by atoms with van der Waals surface area (Å²) in [5, 5.41) is 0. The summed E-state index contributed by atoms with van der Waals surface area (Å²) in [7, 11) is -3.64. The Hall–Kier alpha value is -1.40. The predicted molar refractivity (Wildman–Crippen MR) is 76.6 cm³/mol. The molecule has 2 N–H and O–H groups in total. The average Bonchev–Trinajstić information content (AvgIpc) is 2.89. The molecule has 1 aliphatic heterocycles. The Morgan fingerprint density at radius 2 is 1.90 bits per heavy atom. The van der Waals surface area contributed by atoms with E-state index in [1.54, 1.807) is 12.1 Å². The Morgan fingerprint density at radius 3 is 2.40 bits per heavy atom. The number of amides is 1. The predicted octanol–water partition coefficient (Wildman–Crippen LogP) is 1.45. The highest BCUT2D eigenvalue weighted by Crippen LogP contribution is 2.26. The zero-order valence-corrected chi connectivity index (χ0v) is 12.6. The lowest BCUT2D eigenvalue weighted by molar-refractivity contribution is -0.121. The Labute approximate surface area is 119 Å². The van der Waals surface area contributed by atoms with E-state index in [1.165, 1.54) is 4.31 Å². The molecule has 1 unspecified atom stereocenters. The van der Waals surface area contributed by atoms with Crippen molar-refractivity contribution in [1.82, 2.24) is 4.31 Å². The smallest absolute Gasteiger partial charge is 0.243 e. The van der Waals surface area contributed by atoms with E-state index in [1.807, 2.05) is 26.0 Å². The van der Waals surface area contributed by atoms with Gasteiger partial charge < -0.3 is 5.73 Å². The molecule has 2 rings (SSSR count). The highest BCUT2D eigenvalue weighted by molar-refractivity contribution is 7.89. The van der Waals surface area contributed by atoms with Gasteiger partial charge >= 0.3 is 0 Å². The minimum absolute atomic E-state index is 0.218. The summed E-state index contributed by atoms with van der Waals surface area (Å²) < 4.78 is 26.3. The van der Waals surface area contributed by atoms with Crippen LogP contribution in [0.25, 0.3) is 0 Å². The number of hydrogen-bond donors (Lipinski definition) is 1. The number of carbonyl (C=O) groups is 1. The molecule has 1 aliphatic rings. The van der Waals surface area contributed by atoms with E-state index in [0.29, 0.717) is 25.3 Å². The molecule has 6 heteroatoms. The summed E-state index contributed by atoms with van der Waals surface area (Å²) in [6.45, 7) is 4.45. The number of rotatable bonds is 4. The number of benzene rings is 1. The molecule has 0 spiro atoms. The first-order chi connectivity index (χ1) is 9.34. The van der Waals surface area contributed by atoms with Crippen LogP contribution in [0.5, 0.6) is 0 Å². The van der Waals surface area contributed by atoms with Gasteiger partial charge in [-0.1, -0.05) is 26.0 Å². The van der Waals surface area contributed by atoms with Crippen LogP contribution in [0.2, 0.25) is 0 Å². The maximum absolute atomic E-state index is 12.5. The first-order valence-corrected chi connectivity index (χ1v) is 8.19. The molecular formula is C14H20N2O3S. The molecule has 1 aromatic rings. The summed E-state index contributed by atoms with van der Waals surface area (Å²) >= 11 is 0. The summed E-state index contributed by atoms with van der Waals surface area (Å²) in [4.78, 5) is 11.6. The van der Waals surface area contributed by atoms with Crippen molar-refractivity contribution >= 4 is 15.9 Å². The van der Waals surface area contributed by atoms with Crippen molar-refractivity contribution in [2.45, 2.75) is 43.5 Å². The maximum atomic E-state index is 12.5. The molecule has 1 aromatic carbocycles. The minimum Gasteiger partial charge on any atom is -0.368 e. The third-order valence-corrected chi connectivity index (χ3v) is 5.61. The van der Waals surface area contributed by atoms with Crippen LogP contribution in [0, 0.1) is 0 Å². The molecule has 1 fully saturated rings. The SMILES string of the molecule is CC(C)c1ccc(S(=O)(=O)N2CCCC2C(N)=O)cc1. The molecule has 0 aliphatic carbocycles. The topological polar surface area (TPSA) is 80.5 Å². The largest absolute Gasteiger partial charge is 0.368 e. The van der Waals surface area contributed by atoms with E-state index in [9.17, 15) is 13.2 Å². The Morgan fingerprint density at radius 1 is 1.30 bits per heavy atom. The van der Waals surface area contributed by atoms with Crippen LogP contribution in [-0.2, 0) is 14.8 Å². The van der Waals surface area contributed by atoms with E-state index in [2.05, 4.69) is 0 Å². The van der Waals surface area contributed by atoms with Gasteiger partial charge in [0.1, 0.15) is 6.04 Å². The van der Waals surface area contributed by atoms with Gasteiger partial charge in [-0.15, -0.1) is 0 Å². The van der Waals surface area contributed by atoms with Crippen molar-refractivity contribution in [3.05, 3.63) is 29.8 Å². The number of nitrogens with two attached hydrogens (primary N) is 1. The molecule has 1 saturated heterocycles. The van der Waals surface area contributed by atoms with Crippen LogP contribution in [0.15, 0.2) is 29.2 Å². The maximum Gasteiger partial charge on any atom is 0.243 e. The molecule has 0 aromatic heterocycles. The second kappa shape index (κ2) is 5.54. The lowest BCUT2D eigenvalue weighted by Crippen LogP contribution is -2.43. The van der Waals surface area contributed by atoms with Crippen LogP contribution < -0.4 is 5.73 Å². The molecule has 110 valence electrons. The van der Waals surface area contributed by atoms with Crippen molar-refractivity contribution in [1.29, 1.82) is 0 Å². The number of nitrogens with zero attached hydrogens (tertiary/aromatic N) is 1. The molecule has 5 nitrogen and oxygen atoms in total. The Kier molecular flexibility index (Phi) is 4.15. The molecule has 0 radical (unpaired) electrons. The van der Waals surface area contributed by atoms with Crippen molar-refractivity contribution in [2.24, 2.45) is 5.73 Å². The Balaban J connectivity index is 2.32. The van der Waals surface area contributed by atoms with Crippen molar-refractivity contribution in [2.75, 3.05) is 6.54 Å². The van der Waals surface area contributed by atoms with Crippen LogP contribution in [0.1, 0.15) is 38.2 Å². The van der Waals surface area contributed by atoms with E-state index in [4.69, 9.17) is 5.73 Å². The second-order valence-electron chi connectivity index (χ2n) is 5.40. The van der Waals surface area contributed by atoms with Gasteiger partial charge in [0.05, 0.1) is 4.90 Å². The lowest BCUT2D eigenvalue weighted by atomic mass is 10.0. The average molecular weight is 296 g/mol. The highest BCUT2D eigenvalue weighted by atomic mass is 32.2.